The Kier molecular flexibility index (Phi) is 11.2. The van der Waals surface area contributed by atoms with E-state index in [1.165, 1.54) is 38.5 Å². The molecule has 1 fully saturated rings. The largest absolute Gasteiger partial charge is 0.394 e. The van der Waals surface area contributed by atoms with Gasteiger partial charge in [0.15, 0.2) is 6.29 Å². The highest BCUT2D eigenvalue weighted by Crippen LogP contribution is 2.15. The Balaban J connectivity index is 1.74. The second-order valence-corrected chi connectivity index (χ2v) is 5.77. The third kappa shape index (κ3) is 9.70. The minimum atomic E-state index is -0.519. The molecule has 0 aromatic rings. The second kappa shape index (κ2) is 12.6. The summed E-state index contributed by atoms with van der Waals surface area (Å²) >= 11 is 0. The average molecular weight is 288 g/mol. The van der Waals surface area contributed by atoms with Crippen LogP contribution in [0.2, 0.25) is 0 Å². The zero-order valence-corrected chi connectivity index (χ0v) is 12.8. The summed E-state index contributed by atoms with van der Waals surface area (Å²) in [7, 11) is 0. The van der Waals surface area contributed by atoms with Crippen molar-refractivity contribution in [2.45, 2.75) is 83.0 Å². The smallest absolute Gasteiger partial charge is 0.157 e. The van der Waals surface area contributed by atoms with Crippen molar-refractivity contribution in [2.75, 3.05) is 19.8 Å². The van der Waals surface area contributed by atoms with Gasteiger partial charge < -0.3 is 19.7 Å². The van der Waals surface area contributed by atoms with E-state index in [1.54, 1.807) is 0 Å². The average Bonchev–Trinajstić information content (AvgIpc) is 2.50. The van der Waals surface area contributed by atoms with Crippen molar-refractivity contribution in [1.29, 1.82) is 0 Å². The molecule has 1 aliphatic rings. The lowest BCUT2D eigenvalue weighted by Crippen LogP contribution is -2.22. The molecular formula is C16H32O4. The topological polar surface area (TPSA) is 58.9 Å². The quantitative estimate of drug-likeness (QED) is 0.542. The molecule has 0 aliphatic carbocycles. The van der Waals surface area contributed by atoms with E-state index in [9.17, 15) is 5.11 Å². The molecule has 1 aliphatic heterocycles. The summed E-state index contributed by atoms with van der Waals surface area (Å²) < 4.78 is 11.2. The number of ether oxygens (including phenoxy) is 2. The maximum Gasteiger partial charge on any atom is 0.157 e. The number of hydrogen-bond donors (Lipinski definition) is 2. The SMILES string of the molecule is OCC(O)CCCCCCCCCOC1CCCCO1. The van der Waals surface area contributed by atoms with E-state index in [-0.39, 0.29) is 12.9 Å². The molecular weight excluding hydrogens is 256 g/mol. The summed E-state index contributed by atoms with van der Waals surface area (Å²) in [6.45, 7) is 1.58. The molecule has 0 saturated carbocycles. The highest BCUT2D eigenvalue weighted by atomic mass is 16.7. The minimum Gasteiger partial charge on any atom is -0.394 e. The fourth-order valence-corrected chi connectivity index (χ4v) is 2.51. The normalized spacial score (nSPS) is 21.0. The lowest BCUT2D eigenvalue weighted by atomic mass is 10.1. The van der Waals surface area contributed by atoms with Crippen LogP contribution in [0.4, 0.5) is 0 Å². The Morgan fingerprint density at radius 1 is 1.00 bits per heavy atom. The van der Waals surface area contributed by atoms with Gasteiger partial charge in [-0.1, -0.05) is 38.5 Å². The fraction of sp³-hybridized carbons (Fsp3) is 1.00. The molecule has 20 heavy (non-hydrogen) atoms. The third-order valence-electron chi connectivity index (χ3n) is 3.83. The van der Waals surface area contributed by atoms with Crippen LogP contribution in [0.25, 0.3) is 0 Å². The molecule has 0 radical (unpaired) electrons. The first-order valence-corrected chi connectivity index (χ1v) is 8.35. The van der Waals surface area contributed by atoms with Crippen molar-refractivity contribution in [3.05, 3.63) is 0 Å². The molecule has 2 atom stereocenters. The van der Waals surface area contributed by atoms with E-state index in [1.807, 2.05) is 0 Å². The van der Waals surface area contributed by atoms with Crippen LogP contribution >= 0.6 is 0 Å². The van der Waals surface area contributed by atoms with Crippen molar-refractivity contribution < 1.29 is 19.7 Å². The molecule has 120 valence electrons. The van der Waals surface area contributed by atoms with Gasteiger partial charge in [0, 0.05) is 13.2 Å². The van der Waals surface area contributed by atoms with Crippen LogP contribution in [-0.2, 0) is 9.47 Å². The van der Waals surface area contributed by atoms with Crippen LogP contribution in [0.1, 0.15) is 70.6 Å². The summed E-state index contributed by atoms with van der Waals surface area (Å²) in [4.78, 5) is 0. The van der Waals surface area contributed by atoms with Gasteiger partial charge >= 0.3 is 0 Å². The predicted octanol–water partition coefficient (Wildman–Crippen LogP) is 3.00. The van der Waals surface area contributed by atoms with E-state index >= 15 is 0 Å². The maximum absolute atomic E-state index is 9.19. The van der Waals surface area contributed by atoms with Gasteiger partial charge in [0.1, 0.15) is 0 Å². The lowest BCUT2D eigenvalue weighted by Gasteiger charge is -2.22. The van der Waals surface area contributed by atoms with Gasteiger partial charge in [-0.3, -0.25) is 0 Å². The van der Waals surface area contributed by atoms with Crippen molar-refractivity contribution >= 4 is 0 Å². The Labute approximate surface area is 123 Å². The first-order valence-electron chi connectivity index (χ1n) is 8.35. The highest BCUT2D eigenvalue weighted by Gasteiger charge is 2.13. The monoisotopic (exact) mass is 288 g/mol. The minimum absolute atomic E-state index is 0.0571. The predicted molar refractivity (Wildman–Crippen MR) is 79.6 cm³/mol. The highest BCUT2D eigenvalue weighted by molar-refractivity contribution is 4.55. The van der Waals surface area contributed by atoms with Crippen LogP contribution in [0.5, 0.6) is 0 Å². The molecule has 0 amide bonds. The molecule has 0 spiro atoms. The van der Waals surface area contributed by atoms with Crippen LogP contribution in [0.3, 0.4) is 0 Å². The molecule has 2 N–H and O–H groups in total. The lowest BCUT2D eigenvalue weighted by molar-refractivity contribution is -0.162. The standard InChI is InChI=1S/C16H32O4/c17-14-15(18)10-6-4-2-1-3-5-8-12-19-16-11-7-9-13-20-16/h15-18H,1-14H2. The second-order valence-electron chi connectivity index (χ2n) is 5.77. The zero-order chi connectivity index (χ0) is 14.5. The summed E-state index contributed by atoms with van der Waals surface area (Å²) in [5, 5.41) is 17.9. The molecule has 0 aromatic heterocycles. The van der Waals surface area contributed by atoms with Crippen LogP contribution in [0, 0.1) is 0 Å². The number of rotatable bonds is 12. The molecule has 4 heteroatoms. The first kappa shape index (κ1) is 17.9. The van der Waals surface area contributed by atoms with Crippen molar-refractivity contribution in [3.63, 3.8) is 0 Å². The zero-order valence-electron chi connectivity index (χ0n) is 12.8. The van der Waals surface area contributed by atoms with Crippen LogP contribution in [-0.4, -0.2) is 42.4 Å². The van der Waals surface area contributed by atoms with Crippen molar-refractivity contribution in [2.24, 2.45) is 0 Å². The van der Waals surface area contributed by atoms with Gasteiger partial charge in [0.05, 0.1) is 12.7 Å². The molecule has 0 aromatic carbocycles. The number of unbranched alkanes of at least 4 members (excludes halogenated alkanes) is 6. The van der Waals surface area contributed by atoms with Gasteiger partial charge in [0.2, 0.25) is 0 Å². The first-order chi connectivity index (χ1) is 9.83. The van der Waals surface area contributed by atoms with E-state index < -0.39 is 6.10 Å². The molecule has 1 saturated heterocycles. The van der Waals surface area contributed by atoms with E-state index in [0.717, 1.165) is 45.3 Å². The van der Waals surface area contributed by atoms with Gasteiger partial charge in [0.25, 0.3) is 0 Å². The van der Waals surface area contributed by atoms with Crippen LogP contribution < -0.4 is 0 Å². The van der Waals surface area contributed by atoms with Gasteiger partial charge in [-0.15, -0.1) is 0 Å². The van der Waals surface area contributed by atoms with E-state index in [2.05, 4.69) is 0 Å². The number of hydrogen-bond acceptors (Lipinski definition) is 4. The Hall–Kier alpha value is -0.160. The number of aliphatic hydroxyl groups is 2. The number of aliphatic hydroxyl groups excluding tert-OH is 2. The Morgan fingerprint density at radius 3 is 2.35 bits per heavy atom. The summed E-state index contributed by atoms with van der Waals surface area (Å²) in [5.41, 5.74) is 0. The summed E-state index contributed by atoms with van der Waals surface area (Å²) in [5.74, 6) is 0. The molecule has 1 heterocycles. The molecule has 0 bridgehead atoms. The Morgan fingerprint density at radius 2 is 1.70 bits per heavy atom. The molecule has 4 nitrogen and oxygen atoms in total. The van der Waals surface area contributed by atoms with Crippen molar-refractivity contribution in [3.8, 4) is 0 Å². The molecule has 1 rings (SSSR count). The van der Waals surface area contributed by atoms with E-state index in [0.29, 0.717) is 0 Å². The van der Waals surface area contributed by atoms with Gasteiger partial charge in [-0.2, -0.15) is 0 Å². The Bertz CT molecular complexity index is 205. The third-order valence-corrected chi connectivity index (χ3v) is 3.83. The van der Waals surface area contributed by atoms with Gasteiger partial charge in [-0.05, 0) is 32.1 Å². The molecule has 2 unspecified atom stereocenters. The van der Waals surface area contributed by atoms with E-state index in [4.69, 9.17) is 14.6 Å². The maximum atomic E-state index is 9.19. The summed E-state index contributed by atoms with van der Waals surface area (Å²) in [6.07, 6.45) is 12.0. The fourth-order valence-electron chi connectivity index (χ4n) is 2.51. The van der Waals surface area contributed by atoms with Gasteiger partial charge in [-0.25, -0.2) is 0 Å². The van der Waals surface area contributed by atoms with Crippen molar-refractivity contribution in [1.82, 2.24) is 0 Å². The summed E-state index contributed by atoms with van der Waals surface area (Å²) in [6, 6.07) is 0. The van der Waals surface area contributed by atoms with Crippen LogP contribution in [0.15, 0.2) is 0 Å².